The minimum absolute atomic E-state index is 0.136. The van der Waals surface area contributed by atoms with Crippen molar-refractivity contribution in [3.63, 3.8) is 0 Å². The number of fused-ring (bicyclic) bond motifs is 1. The molecule has 0 N–H and O–H groups in total. The van der Waals surface area contributed by atoms with Crippen LogP contribution in [0.5, 0.6) is 0 Å². The van der Waals surface area contributed by atoms with Gasteiger partial charge in [0.25, 0.3) is 11.2 Å². The highest BCUT2D eigenvalue weighted by Crippen LogP contribution is 2.17. The first-order chi connectivity index (χ1) is 11.9. The van der Waals surface area contributed by atoms with Crippen molar-refractivity contribution >= 4 is 22.4 Å². The van der Waals surface area contributed by atoms with E-state index in [0.717, 1.165) is 11.1 Å². The Balaban J connectivity index is 1.99. The van der Waals surface area contributed by atoms with E-state index in [1.54, 1.807) is 6.07 Å². The van der Waals surface area contributed by atoms with Gasteiger partial charge in [-0.1, -0.05) is 17.7 Å². The molecule has 0 aliphatic rings. The van der Waals surface area contributed by atoms with Crippen LogP contribution in [0, 0.1) is 24.0 Å². The highest BCUT2D eigenvalue weighted by atomic mass is 16.6. The van der Waals surface area contributed by atoms with Crippen molar-refractivity contribution in [3.8, 4) is 0 Å². The molecule has 7 nitrogen and oxygen atoms in total. The monoisotopic (exact) mass is 337 g/mol. The molecule has 3 aromatic rings. The molecule has 0 radical (unpaired) electrons. The van der Waals surface area contributed by atoms with Crippen LogP contribution in [0.25, 0.3) is 10.9 Å². The maximum atomic E-state index is 12.5. The maximum absolute atomic E-state index is 12.5. The third-order valence-electron chi connectivity index (χ3n) is 4.03. The standard InChI is InChI=1S/C18H15N3O4/c1-11-3-4-12(2)15(7-11)17(22)9-20-10-19-16-8-13(21(24)25)5-6-14(16)18(20)23/h3-8,10H,9H2,1-2H3. The Bertz CT molecular complexity index is 1070. The van der Waals surface area contributed by atoms with Gasteiger partial charge in [0.05, 0.1) is 28.7 Å². The summed E-state index contributed by atoms with van der Waals surface area (Å²) < 4.78 is 1.22. The van der Waals surface area contributed by atoms with E-state index in [4.69, 9.17) is 0 Å². The molecule has 0 fully saturated rings. The fourth-order valence-electron chi connectivity index (χ4n) is 2.65. The van der Waals surface area contributed by atoms with Crippen LogP contribution in [-0.4, -0.2) is 20.3 Å². The second-order valence-corrected chi connectivity index (χ2v) is 5.88. The SMILES string of the molecule is Cc1ccc(C)c(C(=O)Cn2cnc3cc([N+](=O)[O-])ccc3c2=O)c1. The molecule has 126 valence electrons. The zero-order valence-electron chi connectivity index (χ0n) is 13.7. The maximum Gasteiger partial charge on any atom is 0.271 e. The second-order valence-electron chi connectivity index (χ2n) is 5.88. The first-order valence-corrected chi connectivity index (χ1v) is 7.61. The molecular weight excluding hydrogens is 322 g/mol. The first-order valence-electron chi connectivity index (χ1n) is 7.61. The molecule has 2 aromatic carbocycles. The molecule has 0 saturated heterocycles. The van der Waals surface area contributed by atoms with E-state index in [-0.39, 0.29) is 28.9 Å². The Morgan fingerprint density at radius 3 is 2.68 bits per heavy atom. The lowest BCUT2D eigenvalue weighted by Gasteiger charge is -2.09. The van der Waals surface area contributed by atoms with Crippen LogP contribution in [0.2, 0.25) is 0 Å². The molecule has 0 saturated carbocycles. The van der Waals surface area contributed by atoms with Crippen molar-refractivity contribution in [1.82, 2.24) is 9.55 Å². The molecular formula is C18H15N3O4. The van der Waals surface area contributed by atoms with Gasteiger partial charge >= 0.3 is 0 Å². The number of hydrogen-bond acceptors (Lipinski definition) is 5. The fraction of sp³-hybridized carbons (Fsp3) is 0.167. The van der Waals surface area contributed by atoms with E-state index < -0.39 is 10.5 Å². The zero-order valence-corrected chi connectivity index (χ0v) is 13.7. The van der Waals surface area contributed by atoms with Crippen molar-refractivity contribution in [2.75, 3.05) is 0 Å². The van der Waals surface area contributed by atoms with Gasteiger partial charge in [0.15, 0.2) is 5.78 Å². The number of aryl methyl sites for hydroxylation is 2. The molecule has 25 heavy (non-hydrogen) atoms. The van der Waals surface area contributed by atoms with Crippen LogP contribution < -0.4 is 5.56 Å². The Morgan fingerprint density at radius 2 is 1.96 bits per heavy atom. The summed E-state index contributed by atoms with van der Waals surface area (Å²) in [6, 6.07) is 9.43. The van der Waals surface area contributed by atoms with E-state index in [1.807, 2.05) is 26.0 Å². The number of nitro benzene ring substituents is 1. The predicted octanol–water partition coefficient (Wildman–Crippen LogP) is 2.80. The molecule has 0 spiro atoms. The van der Waals surface area contributed by atoms with Crippen molar-refractivity contribution in [3.05, 3.63) is 79.9 Å². The minimum atomic E-state index is -0.545. The average molecular weight is 337 g/mol. The molecule has 0 amide bonds. The topological polar surface area (TPSA) is 95.1 Å². The number of benzene rings is 2. The lowest BCUT2D eigenvalue weighted by atomic mass is 10.0. The van der Waals surface area contributed by atoms with Crippen molar-refractivity contribution in [2.45, 2.75) is 20.4 Å². The number of nitro groups is 1. The van der Waals surface area contributed by atoms with E-state index in [2.05, 4.69) is 4.98 Å². The van der Waals surface area contributed by atoms with Crippen LogP contribution in [0.1, 0.15) is 21.5 Å². The molecule has 1 heterocycles. The first kappa shape index (κ1) is 16.5. The Morgan fingerprint density at radius 1 is 1.20 bits per heavy atom. The number of Topliss-reactive ketones (excluding diaryl/α,β-unsaturated/α-hetero) is 1. The van der Waals surface area contributed by atoms with Crippen LogP contribution >= 0.6 is 0 Å². The van der Waals surface area contributed by atoms with Gasteiger partial charge in [-0.3, -0.25) is 24.3 Å². The van der Waals surface area contributed by atoms with Crippen LogP contribution in [0.15, 0.2) is 47.5 Å². The molecule has 3 rings (SSSR count). The smallest absolute Gasteiger partial charge is 0.271 e. The van der Waals surface area contributed by atoms with Gasteiger partial charge in [0, 0.05) is 17.7 Å². The third-order valence-corrected chi connectivity index (χ3v) is 4.03. The minimum Gasteiger partial charge on any atom is -0.292 e. The molecule has 0 bridgehead atoms. The summed E-state index contributed by atoms with van der Waals surface area (Å²) in [5.74, 6) is -0.189. The van der Waals surface area contributed by atoms with Gasteiger partial charge in [0.1, 0.15) is 0 Å². The Kier molecular flexibility index (Phi) is 4.14. The molecule has 0 atom stereocenters. The van der Waals surface area contributed by atoms with Gasteiger partial charge in [-0.2, -0.15) is 0 Å². The highest BCUT2D eigenvalue weighted by molar-refractivity contribution is 5.97. The van der Waals surface area contributed by atoms with E-state index in [0.29, 0.717) is 5.56 Å². The van der Waals surface area contributed by atoms with Crippen molar-refractivity contribution in [1.29, 1.82) is 0 Å². The molecule has 1 aromatic heterocycles. The number of aromatic nitrogens is 2. The fourth-order valence-corrected chi connectivity index (χ4v) is 2.65. The quantitative estimate of drug-likeness (QED) is 0.414. The van der Waals surface area contributed by atoms with Gasteiger partial charge < -0.3 is 0 Å². The molecule has 7 heteroatoms. The van der Waals surface area contributed by atoms with Crippen LogP contribution in [0.4, 0.5) is 5.69 Å². The Labute approximate surface area is 142 Å². The van der Waals surface area contributed by atoms with Crippen molar-refractivity contribution < 1.29 is 9.72 Å². The number of nitrogens with zero attached hydrogens (tertiary/aromatic N) is 3. The summed E-state index contributed by atoms with van der Waals surface area (Å²) in [5.41, 5.74) is 2.06. The van der Waals surface area contributed by atoms with Crippen molar-refractivity contribution in [2.24, 2.45) is 0 Å². The number of carbonyl (C=O) groups is 1. The summed E-state index contributed by atoms with van der Waals surface area (Å²) in [6.45, 7) is 3.60. The number of ketones is 1. The lowest BCUT2D eigenvalue weighted by molar-refractivity contribution is -0.384. The lowest BCUT2D eigenvalue weighted by Crippen LogP contribution is -2.25. The third kappa shape index (κ3) is 3.16. The highest BCUT2D eigenvalue weighted by Gasteiger charge is 2.14. The van der Waals surface area contributed by atoms with E-state index in [9.17, 15) is 19.7 Å². The van der Waals surface area contributed by atoms with Gasteiger partial charge in [-0.05, 0) is 31.5 Å². The number of non-ortho nitro benzene ring substituents is 1. The number of rotatable bonds is 4. The molecule has 0 aliphatic heterocycles. The normalized spacial score (nSPS) is 10.8. The van der Waals surface area contributed by atoms with Crippen LogP contribution in [0.3, 0.4) is 0 Å². The summed E-state index contributed by atoms with van der Waals surface area (Å²) in [7, 11) is 0. The summed E-state index contributed by atoms with van der Waals surface area (Å²) in [4.78, 5) is 39.4. The van der Waals surface area contributed by atoms with Gasteiger partial charge in [-0.25, -0.2) is 4.98 Å². The van der Waals surface area contributed by atoms with Crippen LogP contribution in [-0.2, 0) is 6.54 Å². The summed E-state index contributed by atoms with van der Waals surface area (Å²) in [6.07, 6.45) is 1.25. The van der Waals surface area contributed by atoms with E-state index in [1.165, 1.54) is 29.1 Å². The number of carbonyl (C=O) groups excluding carboxylic acids is 1. The second kappa shape index (κ2) is 6.27. The Hall–Kier alpha value is -3.35. The number of hydrogen-bond donors (Lipinski definition) is 0. The molecule has 0 aliphatic carbocycles. The van der Waals surface area contributed by atoms with E-state index >= 15 is 0 Å². The average Bonchev–Trinajstić information content (AvgIpc) is 2.59. The summed E-state index contributed by atoms with van der Waals surface area (Å²) >= 11 is 0. The zero-order chi connectivity index (χ0) is 18.1. The molecule has 0 unspecified atom stereocenters. The van der Waals surface area contributed by atoms with Gasteiger partial charge in [-0.15, -0.1) is 0 Å². The predicted molar refractivity (Wildman–Crippen MR) is 92.9 cm³/mol. The largest absolute Gasteiger partial charge is 0.292 e. The summed E-state index contributed by atoms with van der Waals surface area (Å²) in [5, 5.41) is 11.0. The van der Waals surface area contributed by atoms with Gasteiger partial charge in [0.2, 0.25) is 0 Å².